The lowest BCUT2D eigenvalue weighted by atomic mass is 10.2. The molecule has 2 aromatic rings. The largest absolute Gasteiger partial charge is 0.380 e. The van der Waals surface area contributed by atoms with Gasteiger partial charge in [-0.05, 0) is 31.2 Å². The van der Waals surface area contributed by atoms with Gasteiger partial charge in [-0.15, -0.1) is 0 Å². The minimum Gasteiger partial charge on any atom is -0.380 e. The molecule has 0 radical (unpaired) electrons. The Morgan fingerprint density at radius 2 is 1.67 bits per heavy atom. The summed E-state index contributed by atoms with van der Waals surface area (Å²) in [4.78, 5) is 11.7. The molecule has 0 heterocycles. The van der Waals surface area contributed by atoms with E-state index >= 15 is 0 Å². The van der Waals surface area contributed by atoms with Gasteiger partial charge in [0.15, 0.2) is 0 Å². The highest BCUT2D eigenvalue weighted by Crippen LogP contribution is 2.17. The Labute approximate surface area is 122 Å². The van der Waals surface area contributed by atoms with E-state index in [2.05, 4.69) is 10.6 Å². The maximum absolute atomic E-state index is 13.4. The van der Waals surface area contributed by atoms with Crippen molar-refractivity contribution < 1.29 is 13.6 Å². The highest BCUT2D eigenvalue weighted by Gasteiger charge is 2.08. The first kappa shape index (κ1) is 15.0. The molecule has 0 saturated carbocycles. The number of benzene rings is 2. The molecule has 0 aliphatic rings. The number of halogens is 2. The van der Waals surface area contributed by atoms with E-state index in [1.165, 1.54) is 6.07 Å². The zero-order valence-electron chi connectivity index (χ0n) is 11.6. The Bertz CT molecular complexity index is 606. The normalized spacial score (nSPS) is 10.2. The van der Waals surface area contributed by atoms with Gasteiger partial charge in [0.05, 0.1) is 0 Å². The van der Waals surface area contributed by atoms with Crippen molar-refractivity contribution in [1.29, 1.82) is 0 Å². The van der Waals surface area contributed by atoms with Crippen molar-refractivity contribution in [3.05, 3.63) is 59.7 Å². The highest BCUT2D eigenvalue weighted by molar-refractivity contribution is 5.90. The smallest absolute Gasteiger partial charge is 0.226 e. The van der Waals surface area contributed by atoms with Gasteiger partial charge in [0.25, 0.3) is 0 Å². The van der Waals surface area contributed by atoms with Gasteiger partial charge in [-0.2, -0.15) is 0 Å². The van der Waals surface area contributed by atoms with Gasteiger partial charge < -0.3 is 10.6 Å². The van der Waals surface area contributed by atoms with Crippen LogP contribution in [0, 0.1) is 18.6 Å². The quantitative estimate of drug-likeness (QED) is 0.881. The molecule has 21 heavy (non-hydrogen) atoms. The molecule has 2 rings (SSSR count). The van der Waals surface area contributed by atoms with Crippen LogP contribution in [0.4, 0.5) is 20.2 Å². The third-order valence-corrected chi connectivity index (χ3v) is 2.95. The first-order valence-corrected chi connectivity index (χ1v) is 6.60. The van der Waals surface area contributed by atoms with E-state index in [-0.39, 0.29) is 24.6 Å². The molecule has 0 aromatic heterocycles. The van der Waals surface area contributed by atoms with E-state index in [4.69, 9.17) is 0 Å². The molecule has 0 atom stereocenters. The van der Waals surface area contributed by atoms with Gasteiger partial charge in [0, 0.05) is 18.7 Å². The lowest BCUT2D eigenvalue weighted by molar-refractivity contribution is -0.115. The third-order valence-electron chi connectivity index (χ3n) is 2.95. The number of amides is 1. The predicted molar refractivity (Wildman–Crippen MR) is 79.3 cm³/mol. The zero-order valence-corrected chi connectivity index (χ0v) is 11.6. The van der Waals surface area contributed by atoms with Crippen LogP contribution in [0.25, 0.3) is 0 Å². The predicted octanol–water partition coefficient (Wildman–Crippen LogP) is 3.71. The van der Waals surface area contributed by atoms with Crippen LogP contribution >= 0.6 is 0 Å². The van der Waals surface area contributed by atoms with Crippen LogP contribution in [-0.2, 0) is 4.79 Å². The van der Waals surface area contributed by atoms with Crippen LogP contribution < -0.4 is 10.6 Å². The van der Waals surface area contributed by atoms with Crippen molar-refractivity contribution in [2.24, 2.45) is 0 Å². The highest BCUT2D eigenvalue weighted by atomic mass is 19.1. The van der Waals surface area contributed by atoms with Crippen molar-refractivity contribution >= 4 is 17.3 Å². The molecule has 0 fully saturated rings. The standard InChI is InChI=1S/C16H16F2N2O/c1-11-5-7-12(8-6-11)20-15(21)9-10-19-16-13(17)3-2-4-14(16)18/h2-8,19H,9-10H2,1H3,(H,20,21). The van der Waals surface area contributed by atoms with Crippen LogP contribution in [0.2, 0.25) is 0 Å². The molecule has 2 N–H and O–H groups in total. The average molecular weight is 290 g/mol. The monoisotopic (exact) mass is 290 g/mol. The number of nitrogens with one attached hydrogen (secondary N) is 2. The summed E-state index contributed by atoms with van der Waals surface area (Å²) in [5.74, 6) is -1.56. The Morgan fingerprint density at radius 1 is 1.05 bits per heavy atom. The van der Waals surface area contributed by atoms with Gasteiger partial charge in [-0.1, -0.05) is 23.8 Å². The molecule has 0 saturated heterocycles. The summed E-state index contributed by atoms with van der Waals surface area (Å²) in [6.45, 7) is 2.11. The molecule has 0 unspecified atom stereocenters. The van der Waals surface area contributed by atoms with E-state index in [0.29, 0.717) is 5.69 Å². The van der Waals surface area contributed by atoms with Crippen LogP contribution in [0.1, 0.15) is 12.0 Å². The molecule has 2 aromatic carbocycles. The Morgan fingerprint density at radius 3 is 2.29 bits per heavy atom. The van der Waals surface area contributed by atoms with E-state index in [1.54, 1.807) is 12.1 Å². The number of hydrogen-bond acceptors (Lipinski definition) is 2. The molecule has 0 spiro atoms. The number of hydrogen-bond donors (Lipinski definition) is 2. The number of rotatable bonds is 5. The number of aryl methyl sites for hydroxylation is 1. The van der Waals surface area contributed by atoms with Crippen molar-refractivity contribution in [2.75, 3.05) is 17.2 Å². The molecule has 0 aliphatic heterocycles. The molecule has 110 valence electrons. The number of anilines is 2. The van der Waals surface area contributed by atoms with E-state index < -0.39 is 11.6 Å². The van der Waals surface area contributed by atoms with E-state index in [0.717, 1.165) is 17.7 Å². The lowest BCUT2D eigenvalue weighted by Crippen LogP contribution is -2.17. The lowest BCUT2D eigenvalue weighted by Gasteiger charge is -2.09. The maximum Gasteiger partial charge on any atom is 0.226 e. The zero-order chi connectivity index (χ0) is 15.2. The van der Waals surface area contributed by atoms with Crippen molar-refractivity contribution in [2.45, 2.75) is 13.3 Å². The minimum absolute atomic E-state index is 0.113. The van der Waals surface area contributed by atoms with Crippen LogP contribution in [0.15, 0.2) is 42.5 Å². The van der Waals surface area contributed by atoms with Crippen molar-refractivity contribution in [3.8, 4) is 0 Å². The van der Waals surface area contributed by atoms with Crippen molar-refractivity contribution in [3.63, 3.8) is 0 Å². The van der Waals surface area contributed by atoms with Gasteiger partial charge in [-0.3, -0.25) is 4.79 Å². The Kier molecular flexibility index (Phi) is 4.87. The number of carbonyl (C=O) groups is 1. The van der Waals surface area contributed by atoms with Crippen molar-refractivity contribution in [1.82, 2.24) is 0 Å². The SMILES string of the molecule is Cc1ccc(NC(=O)CCNc2c(F)cccc2F)cc1. The Hall–Kier alpha value is -2.43. The maximum atomic E-state index is 13.4. The van der Waals surface area contributed by atoms with E-state index in [1.807, 2.05) is 19.1 Å². The molecule has 0 bridgehead atoms. The first-order chi connectivity index (χ1) is 10.1. The summed E-state index contributed by atoms with van der Waals surface area (Å²) in [6, 6.07) is 11.0. The Balaban J connectivity index is 1.83. The third kappa shape index (κ3) is 4.27. The number of para-hydroxylation sites is 1. The summed E-state index contributed by atoms with van der Waals surface area (Å²) in [6.07, 6.45) is 0.113. The average Bonchev–Trinajstić information content (AvgIpc) is 2.45. The summed E-state index contributed by atoms with van der Waals surface area (Å²) >= 11 is 0. The van der Waals surface area contributed by atoms with E-state index in [9.17, 15) is 13.6 Å². The minimum atomic E-state index is -0.672. The summed E-state index contributed by atoms with van der Waals surface area (Å²) in [5.41, 5.74) is 1.59. The fraction of sp³-hybridized carbons (Fsp3) is 0.188. The van der Waals surface area contributed by atoms with Crippen LogP contribution in [0.5, 0.6) is 0 Å². The molecule has 5 heteroatoms. The summed E-state index contributed by atoms with van der Waals surface area (Å²) in [5, 5.41) is 5.31. The topological polar surface area (TPSA) is 41.1 Å². The second-order valence-corrected chi connectivity index (χ2v) is 4.69. The fourth-order valence-corrected chi connectivity index (χ4v) is 1.83. The summed E-state index contributed by atoms with van der Waals surface area (Å²) in [7, 11) is 0. The second kappa shape index (κ2) is 6.83. The molecule has 3 nitrogen and oxygen atoms in total. The molecular weight excluding hydrogens is 274 g/mol. The summed E-state index contributed by atoms with van der Waals surface area (Å²) < 4.78 is 26.7. The molecule has 0 aliphatic carbocycles. The second-order valence-electron chi connectivity index (χ2n) is 4.69. The fourth-order valence-electron chi connectivity index (χ4n) is 1.83. The molecular formula is C16H16F2N2O. The first-order valence-electron chi connectivity index (χ1n) is 6.60. The van der Waals surface area contributed by atoms with Gasteiger partial charge in [0.1, 0.15) is 17.3 Å². The van der Waals surface area contributed by atoms with Gasteiger partial charge >= 0.3 is 0 Å². The molecule has 1 amide bonds. The van der Waals surface area contributed by atoms with Gasteiger partial charge in [-0.25, -0.2) is 8.78 Å². The van der Waals surface area contributed by atoms with Crippen LogP contribution in [0.3, 0.4) is 0 Å². The van der Waals surface area contributed by atoms with Gasteiger partial charge in [0.2, 0.25) is 5.91 Å². The number of carbonyl (C=O) groups excluding carboxylic acids is 1. The van der Waals surface area contributed by atoms with Crippen LogP contribution in [-0.4, -0.2) is 12.5 Å².